The van der Waals surface area contributed by atoms with E-state index in [2.05, 4.69) is 15.9 Å². The van der Waals surface area contributed by atoms with Crippen LogP contribution in [-0.2, 0) is 6.18 Å². The zero-order chi connectivity index (χ0) is 12.9. The Labute approximate surface area is 95.2 Å². The molecule has 1 rings (SSSR count). The third kappa shape index (κ3) is 3.81. The van der Waals surface area contributed by atoms with Crippen LogP contribution in [0.15, 0.2) is 6.07 Å². The molecule has 0 aliphatic rings. The molecule has 0 unspecified atom stereocenters. The summed E-state index contributed by atoms with van der Waals surface area (Å²) >= 11 is 0. The van der Waals surface area contributed by atoms with Gasteiger partial charge in [0.1, 0.15) is 12.4 Å². The van der Waals surface area contributed by atoms with E-state index in [0.717, 1.165) is 6.07 Å². The van der Waals surface area contributed by atoms with E-state index in [0.29, 0.717) is 0 Å². The van der Waals surface area contributed by atoms with E-state index >= 15 is 0 Å². The first kappa shape index (κ1) is 13.1. The fraction of sp³-hybridized carbons (Fsp3) is 0.333. The fourth-order valence-electron chi connectivity index (χ4n) is 0.914. The number of halogens is 3. The number of anilines is 1. The van der Waals surface area contributed by atoms with E-state index in [1.165, 1.54) is 0 Å². The summed E-state index contributed by atoms with van der Waals surface area (Å²) in [5, 5.41) is 0. The number of nitrogens with two attached hydrogens (primary N) is 1. The summed E-state index contributed by atoms with van der Waals surface area (Å²) in [6.45, 7) is 0.0643. The molecule has 1 aromatic heterocycles. The number of alkyl halides is 3. The van der Waals surface area contributed by atoms with Gasteiger partial charge in [-0.15, -0.1) is 12.3 Å². The van der Waals surface area contributed by atoms with Gasteiger partial charge in [-0.05, 0) is 0 Å². The minimum atomic E-state index is -4.67. The second-order valence-corrected chi connectivity index (χ2v) is 2.86. The molecule has 3 N–H and O–H groups in total. The lowest BCUT2D eigenvalue weighted by Gasteiger charge is -2.10. The van der Waals surface area contributed by atoms with Crippen LogP contribution in [0.3, 0.4) is 0 Å². The molecule has 17 heavy (non-hydrogen) atoms. The predicted molar refractivity (Wildman–Crippen MR) is 53.8 cm³/mol. The first-order chi connectivity index (χ1) is 7.97. The van der Waals surface area contributed by atoms with Crippen molar-refractivity contribution >= 4 is 5.82 Å². The predicted octanol–water partition coefficient (Wildman–Crippen LogP) is 1.18. The number of terminal acetylenes is 1. The number of nitrogens with one attached hydrogen (secondary N) is 1. The lowest BCUT2D eigenvalue weighted by atomic mass is 10.4. The number of rotatable bonds is 4. The highest BCUT2D eigenvalue weighted by Gasteiger charge is 2.35. The summed E-state index contributed by atoms with van der Waals surface area (Å²) in [4.78, 5) is 6.36. The number of hydrazine groups is 1. The summed E-state index contributed by atoms with van der Waals surface area (Å²) in [5.41, 5.74) is 2.00. The van der Waals surface area contributed by atoms with E-state index in [9.17, 15) is 13.2 Å². The van der Waals surface area contributed by atoms with Crippen molar-refractivity contribution in [3.63, 3.8) is 0 Å². The van der Waals surface area contributed by atoms with Gasteiger partial charge in [-0.1, -0.05) is 0 Å². The number of nitrogens with zero attached hydrogens (tertiary/aromatic N) is 2. The standard InChI is InChI=1S/C9H9F3N4O/c1-2-3-4-17-7-5-6(16-13)14-8(15-7)9(10,11)12/h1,5H,3-4,13H2,(H,14,15,16). The SMILES string of the molecule is C#CCCOc1cc(NN)nc(C(F)(F)F)n1. The van der Waals surface area contributed by atoms with Crippen LogP contribution in [0.2, 0.25) is 0 Å². The van der Waals surface area contributed by atoms with Gasteiger partial charge in [0.05, 0.1) is 0 Å². The number of hydrogen-bond acceptors (Lipinski definition) is 5. The van der Waals surface area contributed by atoms with E-state index in [1.54, 1.807) is 0 Å². The Balaban J connectivity index is 2.94. The lowest BCUT2D eigenvalue weighted by molar-refractivity contribution is -0.145. The Bertz CT molecular complexity index is 427. The average Bonchev–Trinajstić information content (AvgIpc) is 2.28. The van der Waals surface area contributed by atoms with Crippen LogP contribution in [0, 0.1) is 12.3 Å². The van der Waals surface area contributed by atoms with Crippen LogP contribution in [0.5, 0.6) is 5.88 Å². The Hall–Kier alpha value is -2.01. The van der Waals surface area contributed by atoms with Crippen LogP contribution in [0.1, 0.15) is 12.2 Å². The molecule has 0 aromatic carbocycles. The van der Waals surface area contributed by atoms with Crippen LogP contribution in [0.25, 0.3) is 0 Å². The minimum Gasteiger partial charge on any atom is -0.477 e. The fourth-order valence-corrected chi connectivity index (χ4v) is 0.914. The monoisotopic (exact) mass is 246 g/mol. The highest BCUT2D eigenvalue weighted by molar-refractivity contribution is 5.37. The van der Waals surface area contributed by atoms with Crippen molar-refractivity contribution in [2.75, 3.05) is 12.0 Å². The molecule has 0 spiro atoms. The van der Waals surface area contributed by atoms with Gasteiger partial charge in [-0.2, -0.15) is 18.2 Å². The molecule has 0 saturated heterocycles. The molecule has 0 saturated carbocycles. The van der Waals surface area contributed by atoms with Gasteiger partial charge < -0.3 is 10.2 Å². The average molecular weight is 246 g/mol. The molecule has 1 heterocycles. The topological polar surface area (TPSA) is 73.1 Å². The van der Waals surface area contributed by atoms with E-state index in [1.807, 2.05) is 5.43 Å². The van der Waals surface area contributed by atoms with Crippen LogP contribution >= 0.6 is 0 Å². The normalized spacial score (nSPS) is 10.8. The number of nitrogen functional groups attached to an aromatic ring is 1. The summed E-state index contributed by atoms with van der Waals surface area (Å²) in [7, 11) is 0. The van der Waals surface area contributed by atoms with Crippen molar-refractivity contribution in [2.24, 2.45) is 5.84 Å². The van der Waals surface area contributed by atoms with E-state index < -0.39 is 12.0 Å². The number of ether oxygens (including phenoxy) is 1. The van der Waals surface area contributed by atoms with E-state index in [-0.39, 0.29) is 24.7 Å². The van der Waals surface area contributed by atoms with E-state index in [4.69, 9.17) is 17.0 Å². The second-order valence-electron chi connectivity index (χ2n) is 2.86. The lowest BCUT2D eigenvalue weighted by Crippen LogP contribution is -2.16. The number of aromatic nitrogens is 2. The Morgan fingerprint density at radius 2 is 2.18 bits per heavy atom. The molecule has 0 amide bonds. The molecule has 92 valence electrons. The molecule has 8 heteroatoms. The minimum absolute atomic E-state index is 0.0643. The zero-order valence-electron chi connectivity index (χ0n) is 8.58. The molecule has 0 radical (unpaired) electrons. The maximum Gasteiger partial charge on any atom is 0.451 e. The first-order valence-electron chi connectivity index (χ1n) is 4.46. The van der Waals surface area contributed by atoms with Gasteiger partial charge in [-0.25, -0.2) is 10.8 Å². The Kier molecular flexibility index (Phi) is 4.12. The van der Waals surface area contributed by atoms with Gasteiger partial charge >= 0.3 is 6.18 Å². The van der Waals surface area contributed by atoms with Gasteiger partial charge in [0.15, 0.2) is 0 Å². The van der Waals surface area contributed by atoms with Crippen LogP contribution < -0.4 is 16.0 Å². The first-order valence-corrected chi connectivity index (χ1v) is 4.46. The van der Waals surface area contributed by atoms with Crippen molar-refractivity contribution in [3.05, 3.63) is 11.9 Å². The maximum absolute atomic E-state index is 12.4. The van der Waals surface area contributed by atoms with Gasteiger partial charge in [-0.3, -0.25) is 0 Å². The van der Waals surface area contributed by atoms with Gasteiger partial charge in [0.25, 0.3) is 0 Å². The summed E-state index contributed by atoms with van der Waals surface area (Å²) < 4.78 is 42.1. The van der Waals surface area contributed by atoms with Crippen molar-refractivity contribution in [2.45, 2.75) is 12.6 Å². The molecule has 1 aromatic rings. The van der Waals surface area contributed by atoms with Crippen molar-refractivity contribution in [3.8, 4) is 18.2 Å². The maximum atomic E-state index is 12.4. The molecule has 5 nitrogen and oxygen atoms in total. The van der Waals surface area contributed by atoms with Gasteiger partial charge in [0.2, 0.25) is 11.7 Å². The summed E-state index contributed by atoms with van der Waals surface area (Å²) in [6, 6.07) is 1.14. The molecule has 0 fully saturated rings. The third-order valence-electron chi connectivity index (χ3n) is 1.60. The molecule has 0 bridgehead atoms. The molecular weight excluding hydrogens is 237 g/mol. The zero-order valence-corrected chi connectivity index (χ0v) is 8.58. The molecule has 0 aliphatic heterocycles. The highest BCUT2D eigenvalue weighted by atomic mass is 19.4. The summed E-state index contributed by atoms with van der Waals surface area (Å²) in [5.74, 6) is 5.51. The van der Waals surface area contributed by atoms with Crippen LogP contribution in [0.4, 0.5) is 19.0 Å². The van der Waals surface area contributed by atoms with Crippen molar-refractivity contribution in [1.29, 1.82) is 0 Å². The molecule has 0 aliphatic carbocycles. The molecule has 0 atom stereocenters. The second kappa shape index (κ2) is 5.36. The summed E-state index contributed by atoms with van der Waals surface area (Å²) in [6.07, 6.45) is 0.564. The van der Waals surface area contributed by atoms with Crippen molar-refractivity contribution in [1.82, 2.24) is 9.97 Å². The van der Waals surface area contributed by atoms with Crippen molar-refractivity contribution < 1.29 is 17.9 Å². The Morgan fingerprint density at radius 3 is 2.71 bits per heavy atom. The third-order valence-corrected chi connectivity index (χ3v) is 1.60. The van der Waals surface area contributed by atoms with Crippen LogP contribution in [-0.4, -0.2) is 16.6 Å². The van der Waals surface area contributed by atoms with Gasteiger partial charge in [0, 0.05) is 12.5 Å². The quantitative estimate of drug-likeness (QED) is 0.361. The molecular formula is C9H9F3N4O. The highest BCUT2D eigenvalue weighted by Crippen LogP contribution is 2.28. The number of hydrogen-bond donors (Lipinski definition) is 2. The Morgan fingerprint density at radius 1 is 1.47 bits per heavy atom. The smallest absolute Gasteiger partial charge is 0.451 e. The largest absolute Gasteiger partial charge is 0.477 e.